The molecule has 0 radical (unpaired) electrons. The third-order valence-electron chi connectivity index (χ3n) is 12.6. The van der Waals surface area contributed by atoms with Crippen molar-refractivity contribution in [3.8, 4) is 0 Å². The van der Waals surface area contributed by atoms with Crippen LogP contribution in [0.4, 0.5) is 0 Å². The first-order valence-corrected chi connectivity index (χ1v) is 26.9. The molecule has 0 aromatic heterocycles. The van der Waals surface area contributed by atoms with Gasteiger partial charge in [-0.05, 0) is 57.8 Å². The maximum atomic E-state index is 13.0. The summed E-state index contributed by atoms with van der Waals surface area (Å²) in [4.78, 5) is 13.0. The van der Waals surface area contributed by atoms with Gasteiger partial charge in [0, 0.05) is 6.42 Å². The van der Waals surface area contributed by atoms with Crippen LogP contribution in [0.1, 0.15) is 239 Å². The lowest BCUT2D eigenvalue weighted by molar-refractivity contribution is -0.302. The number of carbonyl (C=O) groups is 1. The summed E-state index contributed by atoms with van der Waals surface area (Å²) in [6.07, 6.45) is 51.5. The molecule has 374 valence electrons. The Bertz CT molecular complexity index is 1140. The highest BCUT2D eigenvalue weighted by Gasteiger charge is 2.44. The van der Waals surface area contributed by atoms with Crippen molar-refractivity contribution in [3.63, 3.8) is 0 Å². The fourth-order valence-corrected chi connectivity index (χ4v) is 8.34. The summed E-state index contributed by atoms with van der Waals surface area (Å²) in [5.41, 5.74) is 0. The molecule has 9 heteroatoms. The lowest BCUT2D eigenvalue weighted by Crippen LogP contribution is -2.60. The van der Waals surface area contributed by atoms with Crippen LogP contribution in [-0.4, -0.2) is 87.5 Å². The van der Waals surface area contributed by atoms with Gasteiger partial charge in [-0.25, -0.2) is 0 Å². The molecule has 1 amide bonds. The van der Waals surface area contributed by atoms with Gasteiger partial charge in [0.15, 0.2) is 6.29 Å². The molecule has 1 aliphatic heterocycles. The fourth-order valence-electron chi connectivity index (χ4n) is 8.34. The summed E-state index contributed by atoms with van der Waals surface area (Å²) in [6, 6.07) is -0.810. The zero-order chi connectivity index (χ0) is 46.6. The smallest absolute Gasteiger partial charge is 0.220 e. The minimum absolute atomic E-state index is 0.184. The third kappa shape index (κ3) is 34.5. The van der Waals surface area contributed by atoms with E-state index >= 15 is 0 Å². The summed E-state index contributed by atoms with van der Waals surface area (Å²) in [5.74, 6) is -0.184. The molecule has 0 aliphatic carbocycles. The SMILES string of the molecule is CCCCCCC/C=C\C/C=C\C/C=C\CCCCCCCCCCC(=O)NC(COC1OC(CO)C(O)C(O)C1O)C(O)/C=C/CCCCCCCCCCCCCCCCCC. The maximum absolute atomic E-state index is 13.0. The molecule has 6 N–H and O–H groups in total. The molecule has 1 aliphatic rings. The summed E-state index contributed by atoms with van der Waals surface area (Å²) in [6.45, 7) is 3.77. The molecule has 64 heavy (non-hydrogen) atoms. The van der Waals surface area contributed by atoms with Gasteiger partial charge in [-0.1, -0.05) is 223 Å². The highest BCUT2D eigenvalue weighted by atomic mass is 16.7. The van der Waals surface area contributed by atoms with Crippen LogP contribution in [0.5, 0.6) is 0 Å². The molecule has 0 aromatic rings. The zero-order valence-electron chi connectivity index (χ0n) is 41.3. The number of allylic oxidation sites excluding steroid dienone is 7. The number of carbonyl (C=O) groups excluding carboxylic acids is 1. The van der Waals surface area contributed by atoms with Crippen molar-refractivity contribution >= 4 is 5.91 Å². The van der Waals surface area contributed by atoms with Gasteiger partial charge in [0.25, 0.3) is 0 Å². The van der Waals surface area contributed by atoms with Gasteiger partial charge in [0.2, 0.25) is 5.91 Å². The number of rotatable bonds is 45. The second-order valence-electron chi connectivity index (χ2n) is 18.7. The van der Waals surface area contributed by atoms with Crippen molar-refractivity contribution in [1.82, 2.24) is 5.32 Å². The predicted molar refractivity (Wildman–Crippen MR) is 267 cm³/mol. The molecule has 1 saturated heterocycles. The molecule has 1 fully saturated rings. The summed E-state index contributed by atoms with van der Waals surface area (Å²) < 4.78 is 11.2. The first-order valence-electron chi connectivity index (χ1n) is 26.9. The van der Waals surface area contributed by atoms with E-state index in [1.165, 1.54) is 154 Å². The van der Waals surface area contributed by atoms with E-state index in [0.717, 1.165) is 64.2 Å². The minimum atomic E-state index is -1.57. The van der Waals surface area contributed by atoms with Crippen molar-refractivity contribution in [2.75, 3.05) is 13.2 Å². The highest BCUT2D eigenvalue weighted by Crippen LogP contribution is 2.23. The molecule has 7 unspecified atom stereocenters. The lowest BCUT2D eigenvalue weighted by atomic mass is 9.99. The molecule has 0 aromatic carbocycles. The standard InChI is InChI=1S/C55H101NO8/c1-3-5-7-9-11-13-15-17-19-21-23-24-25-26-27-29-31-33-35-37-39-41-43-45-51(59)56-48(47-63-55-54(62)53(61)52(60)50(46-57)64-55)49(58)44-42-40-38-36-34-32-30-28-22-20-18-16-14-12-10-8-6-4-2/h15,17,21,23,25-26,42,44,48-50,52-55,57-58,60-62H,3-14,16,18-20,22,24,27-41,43,45-47H2,1-2H3,(H,56,59)/b17-15-,23-21-,26-25-,44-42+. The van der Waals surface area contributed by atoms with Crippen LogP contribution in [0.15, 0.2) is 48.6 Å². The summed E-state index contributed by atoms with van der Waals surface area (Å²) in [5, 5.41) is 54.4. The van der Waals surface area contributed by atoms with Crippen LogP contribution >= 0.6 is 0 Å². The quantitative estimate of drug-likeness (QED) is 0.0261. The monoisotopic (exact) mass is 904 g/mol. The molecule has 1 rings (SSSR count). The number of amides is 1. The van der Waals surface area contributed by atoms with Gasteiger partial charge in [-0.2, -0.15) is 0 Å². The highest BCUT2D eigenvalue weighted by molar-refractivity contribution is 5.76. The largest absolute Gasteiger partial charge is 0.394 e. The molecular weight excluding hydrogens is 803 g/mol. The number of hydrogen-bond donors (Lipinski definition) is 6. The Hall–Kier alpha value is -1.85. The Labute approximate surface area is 393 Å². The van der Waals surface area contributed by atoms with Crippen LogP contribution < -0.4 is 5.32 Å². The number of aliphatic hydroxyl groups excluding tert-OH is 5. The van der Waals surface area contributed by atoms with E-state index < -0.39 is 49.5 Å². The number of unbranched alkanes of at least 4 members (excludes halogenated alkanes) is 29. The van der Waals surface area contributed by atoms with E-state index in [1.54, 1.807) is 6.08 Å². The van der Waals surface area contributed by atoms with Crippen LogP contribution in [0.25, 0.3) is 0 Å². The number of aliphatic hydroxyl groups is 5. The zero-order valence-corrected chi connectivity index (χ0v) is 41.3. The second-order valence-corrected chi connectivity index (χ2v) is 18.7. The average Bonchev–Trinajstić information content (AvgIpc) is 3.29. The van der Waals surface area contributed by atoms with Gasteiger partial charge < -0.3 is 40.3 Å². The molecule has 0 spiro atoms. The number of ether oxygens (including phenoxy) is 2. The normalized spacial score (nSPS) is 20.4. The fraction of sp³-hybridized carbons (Fsp3) is 0.836. The first kappa shape index (κ1) is 60.2. The van der Waals surface area contributed by atoms with Crippen molar-refractivity contribution in [1.29, 1.82) is 0 Å². The summed E-state index contributed by atoms with van der Waals surface area (Å²) in [7, 11) is 0. The Morgan fingerprint density at radius 1 is 0.531 bits per heavy atom. The number of hydrogen-bond acceptors (Lipinski definition) is 8. The van der Waals surface area contributed by atoms with Gasteiger partial charge in [0.05, 0.1) is 25.4 Å². The third-order valence-corrected chi connectivity index (χ3v) is 12.6. The lowest BCUT2D eigenvalue weighted by Gasteiger charge is -2.40. The van der Waals surface area contributed by atoms with Crippen LogP contribution in [0.2, 0.25) is 0 Å². The predicted octanol–water partition coefficient (Wildman–Crippen LogP) is 12.6. The molecule has 1 heterocycles. The number of nitrogens with one attached hydrogen (secondary N) is 1. The second kappa shape index (κ2) is 45.0. The maximum Gasteiger partial charge on any atom is 0.220 e. The molecule has 9 nitrogen and oxygen atoms in total. The Morgan fingerprint density at radius 3 is 1.36 bits per heavy atom. The Kier molecular flexibility index (Phi) is 42.3. The van der Waals surface area contributed by atoms with E-state index in [9.17, 15) is 30.3 Å². The molecule has 0 saturated carbocycles. The van der Waals surface area contributed by atoms with Crippen LogP contribution in [0.3, 0.4) is 0 Å². The van der Waals surface area contributed by atoms with E-state index in [-0.39, 0.29) is 12.5 Å². The van der Waals surface area contributed by atoms with Gasteiger partial charge in [-0.3, -0.25) is 4.79 Å². The van der Waals surface area contributed by atoms with E-state index in [1.807, 2.05) is 6.08 Å². The van der Waals surface area contributed by atoms with E-state index in [0.29, 0.717) is 6.42 Å². The molecular formula is C55H101NO8. The van der Waals surface area contributed by atoms with Crippen LogP contribution in [0, 0.1) is 0 Å². The Balaban J connectivity index is 2.28. The molecule has 0 bridgehead atoms. The van der Waals surface area contributed by atoms with Crippen molar-refractivity contribution in [2.24, 2.45) is 0 Å². The molecule has 7 atom stereocenters. The van der Waals surface area contributed by atoms with E-state index in [2.05, 4.69) is 55.6 Å². The van der Waals surface area contributed by atoms with Gasteiger partial charge in [0.1, 0.15) is 24.4 Å². The van der Waals surface area contributed by atoms with Crippen LogP contribution in [-0.2, 0) is 14.3 Å². The van der Waals surface area contributed by atoms with Crippen molar-refractivity contribution < 1.29 is 39.8 Å². The van der Waals surface area contributed by atoms with Crippen molar-refractivity contribution in [2.45, 2.75) is 281 Å². The topological polar surface area (TPSA) is 149 Å². The Morgan fingerprint density at radius 2 is 0.922 bits per heavy atom. The van der Waals surface area contributed by atoms with Gasteiger partial charge in [-0.15, -0.1) is 0 Å². The van der Waals surface area contributed by atoms with E-state index in [4.69, 9.17) is 9.47 Å². The summed E-state index contributed by atoms with van der Waals surface area (Å²) >= 11 is 0. The average molecular weight is 904 g/mol. The first-order chi connectivity index (χ1) is 31.3. The minimum Gasteiger partial charge on any atom is -0.394 e. The van der Waals surface area contributed by atoms with Gasteiger partial charge >= 0.3 is 0 Å². The van der Waals surface area contributed by atoms with Crippen molar-refractivity contribution in [3.05, 3.63) is 48.6 Å².